The highest BCUT2D eigenvalue weighted by Crippen LogP contribution is 2.24. The molecule has 1 unspecified atom stereocenters. The first kappa shape index (κ1) is 13.9. The molecule has 0 amide bonds. The average molecular weight is 259 g/mol. The number of aliphatic hydroxyl groups is 1. The molecule has 3 heteroatoms. The van der Waals surface area contributed by atoms with Gasteiger partial charge in [0.05, 0.1) is 6.10 Å². The first-order valence-corrected chi connectivity index (χ1v) is 6.79. The molecule has 1 N–H and O–H groups in total. The summed E-state index contributed by atoms with van der Waals surface area (Å²) in [4.78, 5) is 0. The molecular formula is C13H19ClOS. The number of rotatable bonds is 4. The summed E-state index contributed by atoms with van der Waals surface area (Å²) in [6.07, 6.45) is 0.408. The Balaban J connectivity index is 2.39. The Labute approximate surface area is 107 Å². The molecule has 1 atom stereocenters. The normalized spacial score (nSPS) is 13.8. The highest BCUT2D eigenvalue weighted by molar-refractivity contribution is 8.00. The van der Waals surface area contributed by atoms with Crippen LogP contribution in [0.2, 0.25) is 5.02 Å². The third-order valence-electron chi connectivity index (χ3n) is 2.09. The average Bonchev–Trinajstić information content (AvgIpc) is 2.18. The summed E-state index contributed by atoms with van der Waals surface area (Å²) in [7, 11) is 0. The molecule has 90 valence electrons. The molecule has 0 saturated heterocycles. The summed E-state index contributed by atoms with van der Waals surface area (Å²) < 4.78 is 0.209. The van der Waals surface area contributed by atoms with Crippen LogP contribution in [0.25, 0.3) is 0 Å². The maximum atomic E-state index is 9.88. The van der Waals surface area contributed by atoms with Gasteiger partial charge in [0.2, 0.25) is 0 Å². The van der Waals surface area contributed by atoms with Gasteiger partial charge in [0.1, 0.15) is 0 Å². The summed E-state index contributed by atoms with van der Waals surface area (Å²) in [5.74, 6) is 0.770. The summed E-state index contributed by atoms with van der Waals surface area (Å²) in [5, 5.41) is 10.6. The summed E-state index contributed by atoms with van der Waals surface area (Å²) in [6.45, 7) is 6.48. The Bertz CT molecular complexity index is 316. The Morgan fingerprint density at radius 2 is 1.81 bits per heavy atom. The van der Waals surface area contributed by atoms with E-state index in [0.29, 0.717) is 6.42 Å². The number of aliphatic hydroxyl groups excluding tert-OH is 1. The fraction of sp³-hybridized carbons (Fsp3) is 0.538. The molecule has 0 spiro atoms. The van der Waals surface area contributed by atoms with E-state index in [1.165, 1.54) is 0 Å². The minimum atomic E-state index is -0.287. The topological polar surface area (TPSA) is 20.2 Å². The summed E-state index contributed by atoms with van der Waals surface area (Å²) in [5.41, 5.74) is 1.13. The highest BCUT2D eigenvalue weighted by atomic mass is 35.5. The lowest BCUT2D eigenvalue weighted by Gasteiger charge is -2.20. The van der Waals surface area contributed by atoms with Crippen molar-refractivity contribution in [1.82, 2.24) is 0 Å². The first-order chi connectivity index (χ1) is 7.37. The standard InChI is InChI=1S/C13H19ClOS/c1-13(2,3)16-9-12(15)8-10-4-6-11(14)7-5-10/h4-7,12,15H,8-9H2,1-3H3. The zero-order chi connectivity index (χ0) is 12.2. The molecule has 0 bridgehead atoms. The number of halogens is 1. The van der Waals surface area contributed by atoms with Crippen LogP contribution in [0.4, 0.5) is 0 Å². The SMILES string of the molecule is CC(C)(C)SCC(O)Cc1ccc(Cl)cc1. The highest BCUT2D eigenvalue weighted by Gasteiger charge is 2.14. The van der Waals surface area contributed by atoms with Crippen LogP contribution >= 0.6 is 23.4 Å². The zero-order valence-electron chi connectivity index (χ0n) is 10.0. The van der Waals surface area contributed by atoms with Crippen LogP contribution in [0.15, 0.2) is 24.3 Å². The molecule has 1 aromatic carbocycles. The van der Waals surface area contributed by atoms with Gasteiger partial charge in [-0.3, -0.25) is 0 Å². The van der Waals surface area contributed by atoms with Gasteiger partial charge < -0.3 is 5.11 Å². The van der Waals surface area contributed by atoms with Crippen LogP contribution in [0, 0.1) is 0 Å². The smallest absolute Gasteiger partial charge is 0.0671 e. The van der Waals surface area contributed by atoms with Crippen LogP contribution < -0.4 is 0 Å². The Hall–Kier alpha value is -0.180. The van der Waals surface area contributed by atoms with Crippen LogP contribution in [0.5, 0.6) is 0 Å². The molecule has 0 heterocycles. The molecular weight excluding hydrogens is 240 g/mol. The van der Waals surface area contributed by atoms with Crippen LogP contribution in [0.1, 0.15) is 26.3 Å². The van der Waals surface area contributed by atoms with E-state index >= 15 is 0 Å². The molecule has 0 aromatic heterocycles. The van der Waals surface area contributed by atoms with E-state index in [9.17, 15) is 5.11 Å². The predicted octanol–water partition coefficient (Wildman–Crippen LogP) is 3.78. The molecule has 0 saturated carbocycles. The van der Waals surface area contributed by atoms with E-state index in [1.807, 2.05) is 24.3 Å². The van der Waals surface area contributed by atoms with Gasteiger partial charge in [-0.25, -0.2) is 0 Å². The maximum Gasteiger partial charge on any atom is 0.0671 e. The van der Waals surface area contributed by atoms with Crippen molar-refractivity contribution in [3.05, 3.63) is 34.9 Å². The van der Waals surface area contributed by atoms with Gasteiger partial charge in [0.15, 0.2) is 0 Å². The second-order valence-corrected chi connectivity index (χ2v) is 7.19. The van der Waals surface area contributed by atoms with Crippen LogP contribution in [0.3, 0.4) is 0 Å². The van der Waals surface area contributed by atoms with Crippen molar-refractivity contribution >= 4 is 23.4 Å². The zero-order valence-corrected chi connectivity index (χ0v) is 11.6. The molecule has 0 fully saturated rings. The maximum absolute atomic E-state index is 9.88. The van der Waals surface area contributed by atoms with E-state index < -0.39 is 0 Å². The fourth-order valence-electron chi connectivity index (χ4n) is 1.30. The number of thioether (sulfide) groups is 1. The van der Waals surface area contributed by atoms with Crippen molar-refractivity contribution in [3.8, 4) is 0 Å². The van der Waals surface area contributed by atoms with Crippen molar-refractivity contribution in [2.45, 2.75) is 38.0 Å². The predicted molar refractivity (Wildman–Crippen MR) is 73.4 cm³/mol. The van der Waals surface area contributed by atoms with E-state index in [1.54, 1.807) is 11.8 Å². The van der Waals surface area contributed by atoms with Gasteiger partial charge >= 0.3 is 0 Å². The largest absolute Gasteiger partial charge is 0.392 e. The van der Waals surface area contributed by atoms with Gasteiger partial charge in [0.25, 0.3) is 0 Å². The molecule has 0 aliphatic heterocycles. The fourth-order valence-corrected chi connectivity index (χ4v) is 2.23. The van der Waals surface area contributed by atoms with Crippen LogP contribution in [-0.4, -0.2) is 21.7 Å². The van der Waals surface area contributed by atoms with E-state index in [2.05, 4.69) is 20.8 Å². The molecule has 0 aliphatic carbocycles. The lowest BCUT2D eigenvalue weighted by atomic mass is 10.1. The van der Waals surface area contributed by atoms with Crippen molar-refractivity contribution in [1.29, 1.82) is 0 Å². The van der Waals surface area contributed by atoms with Gasteiger partial charge in [0, 0.05) is 15.5 Å². The third-order valence-corrected chi connectivity index (χ3v) is 3.76. The summed E-state index contributed by atoms with van der Waals surface area (Å²) in [6, 6.07) is 7.65. The first-order valence-electron chi connectivity index (χ1n) is 5.43. The minimum Gasteiger partial charge on any atom is -0.392 e. The molecule has 1 nitrogen and oxygen atoms in total. The molecule has 1 aromatic rings. The van der Waals surface area contributed by atoms with E-state index in [4.69, 9.17) is 11.6 Å². The molecule has 0 radical (unpaired) electrons. The third kappa shape index (κ3) is 5.78. The second kappa shape index (κ2) is 5.95. The van der Waals surface area contributed by atoms with Gasteiger partial charge in [-0.15, -0.1) is 0 Å². The van der Waals surface area contributed by atoms with Crippen molar-refractivity contribution in [2.75, 3.05) is 5.75 Å². The Kier molecular flexibility index (Phi) is 5.16. The minimum absolute atomic E-state index is 0.209. The number of hydrogen-bond acceptors (Lipinski definition) is 2. The van der Waals surface area contributed by atoms with Gasteiger partial charge in [-0.2, -0.15) is 11.8 Å². The van der Waals surface area contributed by atoms with E-state index in [-0.39, 0.29) is 10.9 Å². The lowest BCUT2D eigenvalue weighted by Crippen LogP contribution is -2.18. The van der Waals surface area contributed by atoms with Crippen molar-refractivity contribution < 1.29 is 5.11 Å². The van der Waals surface area contributed by atoms with Crippen LogP contribution in [-0.2, 0) is 6.42 Å². The Morgan fingerprint density at radius 3 is 2.31 bits per heavy atom. The molecule has 1 rings (SSSR count). The quantitative estimate of drug-likeness (QED) is 0.887. The van der Waals surface area contributed by atoms with Crippen molar-refractivity contribution in [2.24, 2.45) is 0 Å². The summed E-state index contributed by atoms with van der Waals surface area (Å²) >= 11 is 7.59. The molecule has 0 aliphatic rings. The van der Waals surface area contributed by atoms with Crippen molar-refractivity contribution in [3.63, 3.8) is 0 Å². The molecule has 16 heavy (non-hydrogen) atoms. The number of benzene rings is 1. The van der Waals surface area contributed by atoms with Gasteiger partial charge in [-0.05, 0) is 24.1 Å². The number of hydrogen-bond donors (Lipinski definition) is 1. The lowest BCUT2D eigenvalue weighted by molar-refractivity contribution is 0.200. The monoisotopic (exact) mass is 258 g/mol. The second-order valence-electron chi connectivity index (χ2n) is 4.91. The van der Waals surface area contributed by atoms with E-state index in [0.717, 1.165) is 16.3 Å². The van der Waals surface area contributed by atoms with Gasteiger partial charge in [-0.1, -0.05) is 44.5 Å². The Morgan fingerprint density at radius 1 is 1.25 bits per heavy atom.